The summed E-state index contributed by atoms with van der Waals surface area (Å²) in [5, 5.41) is 9.82. The second kappa shape index (κ2) is 7.35. The maximum atomic E-state index is 12.1. The van der Waals surface area contributed by atoms with Crippen LogP contribution < -0.4 is 0 Å². The van der Waals surface area contributed by atoms with E-state index >= 15 is 0 Å². The van der Waals surface area contributed by atoms with Crippen LogP contribution in [0.25, 0.3) is 0 Å². The van der Waals surface area contributed by atoms with Gasteiger partial charge in [-0.2, -0.15) is 0 Å². The molecule has 1 fully saturated rings. The van der Waals surface area contributed by atoms with Crippen molar-refractivity contribution in [1.29, 1.82) is 0 Å². The molecular weight excluding hydrogens is 290 g/mol. The van der Waals surface area contributed by atoms with E-state index in [1.807, 2.05) is 20.8 Å². The molecule has 0 spiro atoms. The third kappa shape index (κ3) is 4.96. The van der Waals surface area contributed by atoms with Crippen LogP contribution in [0.3, 0.4) is 0 Å². The first-order chi connectivity index (χ1) is 10.8. The average Bonchev–Trinajstić information content (AvgIpc) is 2.49. The van der Waals surface area contributed by atoms with Gasteiger partial charge < -0.3 is 14.7 Å². The highest BCUT2D eigenvalue weighted by molar-refractivity contribution is 5.68. The first-order valence-electron chi connectivity index (χ1n) is 8.45. The fraction of sp³-hybridized carbons (Fsp3) is 0.632. The number of piperidine rings is 1. The summed E-state index contributed by atoms with van der Waals surface area (Å²) in [6, 6.07) is 8.40. The van der Waals surface area contributed by atoms with Crippen LogP contribution in [0.15, 0.2) is 24.3 Å². The maximum absolute atomic E-state index is 12.1. The van der Waals surface area contributed by atoms with Gasteiger partial charge in [0.05, 0.1) is 6.61 Å². The Bertz CT molecular complexity index is 510. The van der Waals surface area contributed by atoms with Gasteiger partial charge in [-0.3, -0.25) is 0 Å². The summed E-state index contributed by atoms with van der Waals surface area (Å²) in [7, 11) is 0. The quantitative estimate of drug-likeness (QED) is 0.924. The number of amides is 1. The van der Waals surface area contributed by atoms with Gasteiger partial charge in [0.25, 0.3) is 0 Å². The zero-order valence-corrected chi connectivity index (χ0v) is 14.7. The molecule has 1 aromatic rings. The van der Waals surface area contributed by atoms with Crippen LogP contribution in [-0.4, -0.2) is 41.4 Å². The summed E-state index contributed by atoms with van der Waals surface area (Å²) >= 11 is 0. The first kappa shape index (κ1) is 17.8. The van der Waals surface area contributed by atoms with Crippen molar-refractivity contribution in [3.8, 4) is 0 Å². The summed E-state index contributed by atoms with van der Waals surface area (Å²) in [6.07, 6.45) is 1.57. The van der Waals surface area contributed by atoms with E-state index in [9.17, 15) is 9.90 Å². The molecule has 1 amide bonds. The molecule has 1 aliphatic heterocycles. The number of aliphatic hydroxyl groups excluding tert-OH is 1. The van der Waals surface area contributed by atoms with Gasteiger partial charge in [-0.05, 0) is 52.0 Å². The number of carbonyl (C=O) groups excluding carboxylic acids is 1. The Balaban J connectivity index is 1.94. The molecule has 0 aromatic heterocycles. The van der Waals surface area contributed by atoms with Crippen LogP contribution in [0, 0.1) is 12.8 Å². The van der Waals surface area contributed by atoms with E-state index in [-0.39, 0.29) is 18.6 Å². The van der Waals surface area contributed by atoms with Crippen molar-refractivity contribution < 1.29 is 14.6 Å². The van der Waals surface area contributed by atoms with Gasteiger partial charge in [0, 0.05) is 19.0 Å². The number of aryl methyl sites for hydroxylation is 1. The summed E-state index contributed by atoms with van der Waals surface area (Å²) in [6.45, 7) is 9.27. The highest BCUT2D eigenvalue weighted by Crippen LogP contribution is 2.33. The molecule has 2 rings (SSSR count). The van der Waals surface area contributed by atoms with Gasteiger partial charge in [0.1, 0.15) is 5.60 Å². The summed E-state index contributed by atoms with van der Waals surface area (Å²) in [5.74, 6) is 0.553. The molecule has 0 aliphatic carbocycles. The molecule has 0 bridgehead atoms. The largest absolute Gasteiger partial charge is 0.444 e. The Kier molecular flexibility index (Phi) is 5.69. The molecule has 1 N–H and O–H groups in total. The lowest BCUT2D eigenvalue weighted by atomic mass is 9.80. The van der Waals surface area contributed by atoms with E-state index in [1.54, 1.807) is 4.90 Å². The molecule has 128 valence electrons. The van der Waals surface area contributed by atoms with Crippen molar-refractivity contribution in [1.82, 2.24) is 4.90 Å². The second-order valence-corrected chi connectivity index (χ2v) is 7.50. The van der Waals surface area contributed by atoms with Crippen LogP contribution in [0.1, 0.15) is 50.7 Å². The van der Waals surface area contributed by atoms with Gasteiger partial charge in [-0.1, -0.05) is 29.8 Å². The summed E-state index contributed by atoms with van der Waals surface area (Å²) in [5.41, 5.74) is 1.96. The predicted molar refractivity (Wildman–Crippen MR) is 91.5 cm³/mol. The fourth-order valence-corrected chi connectivity index (χ4v) is 3.15. The molecule has 4 nitrogen and oxygen atoms in total. The number of nitrogens with zero attached hydrogens (tertiary/aromatic N) is 1. The van der Waals surface area contributed by atoms with Gasteiger partial charge in [-0.25, -0.2) is 4.79 Å². The van der Waals surface area contributed by atoms with E-state index in [0.717, 1.165) is 12.8 Å². The number of rotatable bonds is 3. The minimum atomic E-state index is -0.455. The Morgan fingerprint density at radius 3 is 2.30 bits per heavy atom. The van der Waals surface area contributed by atoms with Crippen molar-refractivity contribution >= 4 is 6.09 Å². The molecule has 1 saturated heterocycles. The van der Waals surface area contributed by atoms with Gasteiger partial charge in [0.15, 0.2) is 0 Å². The fourth-order valence-electron chi connectivity index (χ4n) is 3.15. The molecule has 1 heterocycles. The maximum Gasteiger partial charge on any atom is 0.410 e. The van der Waals surface area contributed by atoms with Crippen LogP contribution in [0.4, 0.5) is 4.79 Å². The van der Waals surface area contributed by atoms with E-state index in [1.165, 1.54) is 11.1 Å². The van der Waals surface area contributed by atoms with Crippen molar-refractivity contribution in [2.75, 3.05) is 19.7 Å². The monoisotopic (exact) mass is 319 g/mol. The molecule has 1 aromatic carbocycles. The number of aliphatic hydroxyl groups is 1. The molecule has 1 atom stereocenters. The van der Waals surface area contributed by atoms with E-state index < -0.39 is 5.60 Å². The zero-order valence-electron chi connectivity index (χ0n) is 14.7. The number of benzene rings is 1. The van der Waals surface area contributed by atoms with Crippen molar-refractivity contribution in [2.45, 2.75) is 52.1 Å². The lowest BCUT2D eigenvalue weighted by Gasteiger charge is -2.36. The standard InChI is InChI=1S/C19H29NO3/c1-14-5-7-15(8-6-14)17(13-21)16-9-11-20(12-10-16)18(22)23-19(2,3)4/h5-8,16-17,21H,9-13H2,1-4H3. The number of carbonyl (C=O) groups is 1. The predicted octanol–water partition coefficient (Wildman–Crippen LogP) is 3.72. The normalized spacial score (nSPS) is 17.9. The van der Waals surface area contributed by atoms with Gasteiger partial charge >= 0.3 is 6.09 Å². The van der Waals surface area contributed by atoms with Gasteiger partial charge in [0.2, 0.25) is 0 Å². The van der Waals surface area contributed by atoms with E-state index in [4.69, 9.17) is 4.74 Å². The third-order valence-corrected chi connectivity index (χ3v) is 4.46. The van der Waals surface area contributed by atoms with Crippen molar-refractivity contribution in [3.63, 3.8) is 0 Å². The van der Waals surface area contributed by atoms with Crippen LogP contribution in [-0.2, 0) is 4.74 Å². The zero-order chi connectivity index (χ0) is 17.0. The number of likely N-dealkylation sites (tertiary alicyclic amines) is 1. The Hall–Kier alpha value is -1.55. The topological polar surface area (TPSA) is 49.8 Å². The highest BCUT2D eigenvalue weighted by Gasteiger charge is 2.31. The molecule has 23 heavy (non-hydrogen) atoms. The minimum Gasteiger partial charge on any atom is -0.444 e. The molecular formula is C19H29NO3. The Morgan fingerprint density at radius 1 is 1.26 bits per heavy atom. The summed E-state index contributed by atoms with van der Waals surface area (Å²) in [4.78, 5) is 13.9. The van der Waals surface area contributed by atoms with E-state index in [0.29, 0.717) is 19.0 Å². The van der Waals surface area contributed by atoms with Gasteiger partial charge in [-0.15, -0.1) is 0 Å². The Labute approximate surface area is 139 Å². The third-order valence-electron chi connectivity index (χ3n) is 4.46. The lowest BCUT2D eigenvalue weighted by molar-refractivity contribution is 0.0165. The highest BCUT2D eigenvalue weighted by atomic mass is 16.6. The van der Waals surface area contributed by atoms with Crippen molar-refractivity contribution in [3.05, 3.63) is 35.4 Å². The van der Waals surface area contributed by atoms with Crippen LogP contribution in [0.5, 0.6) is 0 Å². The first-order valence-corrected chi connectivity index (χ1v) is 8.45. The Morgan fingerprint density at radius 2 is 1.83 bits per heavy atom. The molecule has 0 saturated carbocycles. The number of ether oxygens (including phenoxy) is 1. The smallest absolute Gasteiger partial charge is 0.410 e. The molecule has 4 heteroatoms. The van der Waals surface area contributed by atoms with Crippen molar-refractivity contribution in [2.24, 2.45) is 5.92 Å². The molecule has 1 unspecified atom stereocenters. The number of hydrogen-bond acceptors (Lipinski definition) is 3. The second-order valence-electron chi connectivity index (χ2n) is 7.50. The molecule has 0 radical (unpaired) electrons. The van der Waals surface area contributed by atoms with Crippen LogP contribution in [0.2, 0.25) is 0 Å². The number of hydrogen-bond donors (Lipinski definition) is 1. The summed E-state index contributed by atoms with van der Waals surface area (Å²) < 4.78 is 5.43. The van der Waals surface area contributed by atoms with E-state index in [2.05, 4.69) is 31.2 Å². The molecule has 1 aliphatic rings. The lowest BCUT2D eigenvalue weighted by Crippen LogP contribution is -2.42. The SMILES string of the molecule is Cc1ccc(C(CO)C2CCN(C(=O)OC(C)(C)C)CC2)cc1. The minimum absolute atomic E-state index is 0.149. The van der Waals surface area contributed by atoms with Crippen LogP contribution >= 0.6 is 0 Å². The average molecular weight is 319 g/mol.